The van der Waals surface area contributed by atoms with Crippen molar-refractivity contribution in [3.8, 4) is 0 Å². The van der Waals surface area contributed by atoms with E-state index in [0.717, 1.165) is 45.2 Å². The van der Waals surface area contributed by atoms with E-state index >= 15 is 0 Å². The van der Waals surface area contributed by atoms with Gasteiger partial charge < -0.3 is 16.0 Å². The molecular formula is C13H25N3O. The molecule has 2 rings (SSSR count). The molecule has 1 saturated heterocycles. The summed E-state index contributed by atoms with van der Waals surface area (Å²) in [5.74, 6) is 0.178. The first-order valence-electron chi connectivity index (χ1n) is 6.77. The molecule has 0 aromatic carbocycles. The minimum absolute atomic E-state index is 0.0359. The quantitative estimate of drug-likeness (QED) is 0.746. The van der Waals surface area contributed by atoms with Crippen LogP contribution in [0.3, 0.4) is 0 Å². The van der Waals surface area contributed by atoms with Crippen LogP contribution in [0.5, 0.6) is 0 Å². The van der Waals surface area contributed by atoms with Gasteiger partial charge in [0.1, 0.15) is 0 Å². The van der Waals surface area contributed by atoms with E-state index in [-0.39, 0.29) is 17.4 Å². The number of hydrogen-bond donors (Lipinski definition) is 2. The third-order valence-electron chi connectivity index (χ3n) is 4.60. The Bertz CT molecular complexity index is 286. The summed E-state index contributed by atoms with van der Waals surface area (Å²) in [6, 6.07) is 0.386. The Morgan fingerprint density at radius 1 is 1.35 bits per heavy atom. The average molecular weight is 239 g/mol. The molecule has 4 heteroatoms. The lowest BCUT2D eigenvalue weighted by Gasteiger charge is -2.34. The summed E-state index contributed by atoms with van der Waals surface area (Å²) in [6.45, 7) is 4.18. The lowest BCUT2D eigenvalue weighted by atomic mass is 9.83. The highest BCUT2D eigenvalue weighted by atomic mass is 16.2. The number of piperidine rings is 1. The summed E-state index contributed by atoms with van der Waals surface area (Å²) in [7, 11) is 2.13. The van der Waals surface area contributed by atoms with E-state index < -0.39 is 0 Å². The van der Waals surface area contributed by atoms with Gasteiger partial charge in [-0.1, -0.05) is 6.42 Å². The first-order valence-corrected chi connectivity index (χ1v) is 6.77. The number of carbonyl (C=O) groups is 1. The van der Waals surface area contributed by atoms with Gasteiger partial charge in [-0.05, 0) is 52.7 Å². The number of nitrogens with one attached hydrogen (secondary N) is 1. The van der Waals surface area contributed by atoms with Gasteiger partial charge in [0.25, 0.3) is 0 Å². The second-order valence-electron chi connectivity index (χ2n) is 5.97. The maximum absolute atomic E-state index is 12.3. The number of amides is 1. The van der Waals surface area contributed by atoms with Gasteiger partial charge in [-0.15, -0.1) is 0 Å². The predicted molar refractivity (Wildman–Crippen MR) is 68.6 cm³/mol. The molecule has 1 amide bonds. The van der Waals surface area contributed by atoms with Crippen LogP contribution in [0.2, 0.25) is 0 Å². The van der Waals surface area contributed by atoms with Crippen molar-refractivity contribution in [3.05, 3.63) is 0 Å². The predicted octanol–water partition coefficient (Wildman–Crippen LogP) is 0.714. The zero-order valence-electron chi connectivity index (χ0n) is 11.0. The van der Waals surface area contributed by atoms with Crippen molar-refractivity contribution in [2.24, 2.45) is 11.1 Å². The molecule has 0 aromatic heterocycles. The Hall–Kier alpha value is -0.610. The molecule has 1 heterocycles. The second kappa shape index (κ2) is 4.94. The summed E-state index contributed by atoms with van der Waals surface area (Å²) in [5.41, 5.74) is 5.74. The van der Waals surface area contributed by atoms with E-state index in [2.05, 4.69) is 17.3 Å². The zero-order chi connectivity index (χ0) is 12.5. The summed E-state index contributed by atoms with van der Waals surface area (Å²) in [6.07, 6.45) is 5.13. The largest absolute Gasteiger partial charge is 0.353 e. The molecule has 0 spiro atoms. The minimum Gasteiger partial charge on any atom is -0.353 e. The van der Waals surface area contributed by atoms with Gasteiger partial charge >= 0.3 is 0 Å². The summed E-state index contributed by atoms with van der Waals surface area (Å²) in [5, 5.41) is 3.21. The van der Waals surface area contributed by atoms with Crippen LogP contribution in [-0.4, -0.2) is 43.0 Å². The van der Waals surface area contributed by atoms with Crippen LogP contribution in [0.15, 0.2) is 0 Å². The molecule has 17 heavy (non-hydrogen) atoms. The Balaban J connectivity index is 1.88. The van der Waals surface area contributed by atoms with E-state index in [9.17, 15) is 4.79 Å². The Morgan fingerprint density at radius 2 is 2.00 bits per heavy atom. The van der Waals surface area contributed by atoms with Crippen LogP contribution < -0.4 is 11.1 Å². The van der Waals surface area contributed by atoms with Crippen molar-refractivity contribution in [3.63, 3.8) is 0 Å². The highest BCUT2D eigenvalue weighted by Gasteiger charge is 2.43. The molecule has 2 fully saturated rings. The molecule has 2 aliphatic rings. The Labute approximate surface area is 104 Å². The number of hydrogen-bond acceptors (Lipinski definition) is 3. The van der Waals surface area contributed by atoms with Crippen molar-refractivity contribution in [2.75, 3.05) is 20.1 Å². The monoisotopic (exact) mass is 239 g/mol. The van der Waals surface area contributed by atoms with Gasteiger partial charge in [-0.2, -0.15) is 0 Å². The van der Waals surface area contributed by atoms with E-state index in [1.54, 1.807) is 0 Å². The lowest BCUT2D eigenvalue weighted by Crippen LogP contribution is -2.52. The molecular weight excluding hydrogens is 214 g/mol. The summed E-state index contributed by atoms with van der Waals surface area (Å²) < 4.78 is 0. The molecule has 0 radical (unpaired) electrons. The highest BCUT2D eigenvalue weighted by molar-refractivity contribution is 5.83. The van der Waals surface area contributed by atoms with Gasteiger partial charge in [0.15, 0.2) is 0 Å². The van der Waals surface area contributed by atoms with Gasteiger partial charge in [0.05, 0.1) is 5.41 Å². The maximum Gasteiger partial charge on any atom is 0.227 e. The lowest BCUT2D eigenvalue weighted by molar-refractivity contribution is -0.131. The fourth-order valence-corrected chi connectivity index (χ4v) is 2.98. The van der Waals surface area contributed by atoms with Crippen LogP contribution in [0.4, 0.5) is 0 Å². The van der Waals surface area contributed by atoms with Gasteiger partial charge in [-0.25, -0.2) is 0 Å². The van der Waals surface area contributed by atoms with Gasteiger partial charge in [-0.3, -0.25) is 4.79 Å². The maximum atomic E-state index is 12.3. The molecule has 2 unspecified atom stereocenters. The van der Waals surface area contributed by atoms with E-state index in [1.165, 1.54) is 0 Å². The normalized spacial score (nSPS) is 36.1. The molecule has 1 aliphatic carbocycles. The number of nitrogens with two attached hydrogens (primary N) is 1. The van der Waals surface area contributed by atoms with E-state index in [0.29, 0.717) is 6.04 Å². The minimum atomic E-state index is -0.330. The standard InChI is InChI=1S/C13H25N3O/c1-13(7-3-4-11(13)14)12(17)15-10-5-8-16(2)9-6-10/h10-11H,3-9,14H2,1-2H3,(H,15,17). The van der Waals surface area contributed by atoms with Gasteiger partial charge in [0.2, 0.25) is 5.91 Å². The molecule has 3 N–H and O–H groups in total. The third-order valence-corrected chi connectivity index (χ3v) is 4.60. The molecule has 0 bridgehead atoms. The summed E-state index contributed by atoms with van der Waals surface area (Å²) >= 11 is 0. The second-order valence-corrected chi connectivity index (χ2v) is 5.97. The number of likely N-dealkylation sites (tertiary alicyclic amines) is 1. The number of carbonyl (C=O) groups excluding carboxylic acids is 1. The Kier molecular flexibility index (Phi) is 3.73. The van der Waals surface area contributed by atoms with Crippen LogP contribution in [0.25, 0.3) is 0 Å². The molecule has 1 aliphatic heterocycles. The first-order chi connectivity index (χ1) is 8.02. The van der Waals surface area contributed by atoms with Crippen LogP contribution in [-0.2, 0) is 4.79 Å². The highest BCUT2D eigenvalue weighted by Crippen LogP contribution is 2.37. The number of rotatable bonds is 2. The van der Waals surface area contributed by atoms with E-state index in [4.69, 9.17) is 5.73 Å². The fraction of sp³-hybridized carbons (Fsp3) is 0.923. The van der Waals surface area contributed by atoms with E-state index in [1.807, 2.05) is 6.92 Å². The SMILES string of the molecule is CN1CCC(NC(=O)C2(C)CCCC2N)CC1. The zero-order valence-corrected chi connectivity index (χ0v) is 11.0. The smallest absolute Gasteiger partial charge is 0.227 e. The summed E-state index contributed by atoms with van der Waals surface area (Å²) in [4.78, 5) is 14.6. The average Bonchev–Trinajstić information content (AvgIpc) is 2.64. The van der Waals surface area contributed by atoms with Crippen molar-refractivity contribution in [1.82, 2.24) is 10.2 Å². The molecule has 98 valence electrons. The Morgan fingerprint density at radius 3 is 2.53 bits per heavy atom. The van der Waals surface area contributed by atoms with Crippen molar-refractivity contribution in [2.45, 2.75) is 51.1 Å². The first kappa shape index (κ1) is 12.8. The molecule has 4 nitrogen and oxygen atoms in total. The number of nitrogens with zero attached hydrogens (tertiary/aromatic N) is 1. The van der Waals surface area contributed by atoms with Crippen molar-refractivity contribution >= 4 is 5.91 Å². The topological polar surface area (TPSA) is 58.4 Å². The molecule has 2 atom stereocenters. The molecule has 1 saturated carbocycles. The van der Waals surface area contributed by atoms with Crippen molar-refractivity contribution < 1.29 is 4.79 Å². The van der Waals surface area contributed by atoms with Crippen molar-refractivity contribution in [1.29, 1.82) is 0 Å². The van der Waals surface area contributed by atoms with Crippen LogP contribution >= 0.6 is 0 Å². The van der Waals surface area contributed by atoms with Crippen LogP contribution in [0, 0.1) is 5.41 Å². The van der Waals surface area contributed by atoms with Crippen LogP contribution in [0.1, 0.15) is 39.0 Å². The van der Waals surface area contributed by atoms with Gasteiger partial charge in [0, 0.05) is 12.1 Å². The fourth-order valence-electron chi connectivity index (χ4n) is 2.98. The third kappa shape index (κ3) is 2.63. The molecule has 0 aromatic rings.